The maximum Gasteiger partial charge on any atom is 0.234 e. The molecule has 0 spiro atoms. The summed E-state index contributed by atoms with van der Waals surface area (Å²) in [6, 6.07) is 7.13. The molecule has 1 heterocycles. The smallest absolute Gasteiger partial charge is 0.234 e. The van der Waals surface area contributed by atoms with E-state index in [1.807, 2.05) is 6.07 Å². The van der Waals surface area contributed by atoms with Crippen molar-refractivity contribution in [1.82, 2.24) is 5.32 Å². The number of rotatable bonds is 2. The molecule has 1 aromatic carbocycles. The van der Waals surface area contributed by atoms with Crippen molar-refractivity contribution in [3.05, 3.63) is 29.8 Å². The van der Waals surface area contributed by atoms with Gasteiger partial charge in [0, 0.05) is 19.0 Å². The molecule has 94 valence electrons. The van der Waals surface area contributed by atoms with Crippen molar-refractivity contribution in [2.75, 3.05) is 5.32 Å². The van der Waals surface area contributed by atoms with Gasteiger partial charge < -0.3 is 5.32 Å². The van der Waals surface area contributed by atoms with E-state index in [4.69, 9.17) is 0 Å². The van der Waals surface area contributed by atoms with E-state index in [1.54, 1.807) is 18.2 Å². The van der Waals surface area contributed by atoms with Gasteiger partial charge >= 0.3 is 0 Å². The van der Waals surface area contributed by atoms with Gasteiger partial charge in [-0.2, -0.15) is 0 Å². The monoisotopic (exact) mass is 246 g/mol. The minimum Gasteiger partial charge on any atom is -0.326 e. The van der Waals surface area contributed by atoms with E-state index in [0.717, 1.165) is 5.56 Å². The number of nitrogens with one attached hydrogen (secondary N) is 2. The lowest BCUT2D eigenvalue weighted by atomic mass is 9.90. The second-order valence-corrected chi connectivity index (χ2v) is 4.31. The Balaban J connectivity index is 2.20. The first-order valence-corrected chi connectivity index (χ1v) is 5.77. The lowest BCUT2D eigenvalue weighted by Crippen LogP contribution is -2.39. The van der Waals surface area contributed by atoms with E-state index in [1.165, 1.54) is 6.92 Å². The number of amides is 3. The van der Waals surface area contributed by atoms with Crippen molar-refractivity contribution in [2.45, 2.75) is 25.7 Å². The second-order valence-electron chi connectivity index (χ2n) is 4.31. The van der Waals surface area contributed by atoms with E-state index in [-0.39, 0.29) is 23.6 Å². The Bertz CT molecular complexity index is 511. The molecule has 18 heavy (non-hydrogen) atoms. The number of hydrogen-bond donors (Lipinski definition) is 2. The molecule has 1 fully saturated rings. The normalized spacial score (nSPS) is 19.3. The Kier molecular flexibility index (Phi) is 3.41. The molecule has 0 aliphatic carbocycles. The van der Waals surface area contributed by atoms with Crippen molar-refractivity contribution in [3.63, 3.8) is 0 Å². The standard InChI is InChI=1S/C13H14N2O3/c1-8(16)14-10-4-2-3-9(7-10)11-5-6-12(17)15-13(11)18/h2-4,7,11H,5-6H2,1H3,(H,14,16)(H,15,17,18). The van der Waals surface area contributed by atoms with Crippen molar-refractivity contribution in [2.24, 2.45) is 0 Å². The van der Waals surface area contributed by atoms with Crippen molar-refractivity contribution in [1.29, 1.82) is 0 Å². The largest absolute Gasteiger partial charge is 0.326 e. The summed E-state index contributed by atoms with van der Waals surface area (Å²) in [4.78, 5) is 33.8. The number of benzene rings is 1. The highest BCUT2D eigenvalue weighted by Crippen LogP contribution is 2.26. The first-order valence-electron chi connectivity index (χ1n) is 5.77. The van der Waals surface area contributed by atoms with Crippen LogP contribution in [0.4, 0.5) is 5.69 Å². The molecule has 0 bridgehead atoms. The Morgan fingerprint density at radius 3 is 2.83 bits per heavy atom. The summed E-state index contributed by atoms with van der Waals surface area (Å²) in [5, 5.41) is 4.99. The maximum atomic E-state index is 11.7. The zero-order valence-electron chi connectivity index (χ0n) is 10.0. The van der Waals surface area contributed by atoms with Crippen LogP contribution in [0.15, 0.2) is 24.3 Å². The van der Waals surface area contributed by atoms with Crippen LogP contribution in [0.5, 0.6) is 0 Å². The van der Waals surface area contributed by atoms with Gasteiger partial charge in [0.2, 0.25) is 17.7 Å². The van der Waals surface area contributed by atoms with Gasteiger partial charge in [0.05, 0.1) is 5.92 Å². The van der Waals surface area contributed by atoms with Gasteiger partial charge in [-0.05, 0) is 24.1 Å². The molecule has 1 atom stereocenters. The SMILES string of the molecule is CC(=O)Nc1cccc(C2CCC(=O)NC2=O)c1. The Morgan fingerprint density at radius 1 is 1.39 bits per heavy atom. The van der Waals surface area contributed by atoms with Gasteiger partial charge in [-0.3, -0.25) is 19.7 Å². The molecule has 1 aliphatic heterocycles. The van der Waals surface area contributed by atoms with Crippen molar-refractivity contribution in [3.8, 4) is 0 Å². The van der Waals surface area contributed by atoms with Crippen LogP contribution in [0.2, 0.25) is 0 Å². The van der Waals surface area contributed by atoms with Gasteiger partial charge in [-0.15, -0.1) is 0 Å². The molecule has 0 saturated carbocycles. The number of anilines is 1. The van der Waals surface area contributed by atoms with Crippen LogP contribution in [-0.4, -0.2) is 17.7 Å². The summed E-state index contributed by atoms with van der Waals surface area (Å²) in [6.45, 7) is 1.43. The number of imide groups is 1. The highest BCUT2D eigenvalue weighted by Gasteiger charge is 2.27. The van der Waals surface area contributed by atoms with Crippen LogP contribution in [0, 0.1) is 0 Å². The van der Waals surface area contributed by atoms with Crippen LogP contribution >= 0.6 is 0 Å². The van der Waals surface area contributed by atoms with Gasteiger partial charge in [-0.1, -0.05) is 12.1 Å². The molecule has 2 rings (SSSR count). The zero-order chi connectivity index (χ0) is 13.1. The minimum absolute atomic E-state index is 0.157. The van der Waals surface area contributed by atoms with Crippen LogP contribution in [0.25, 0.3) is 0 Å². The molecule has 5 heteroatoms. The summed E-state index contributed by atoms with van der Waals surface area (Å²) in [6.07, 6.45) is 0.856. The minimum atomic E-state index is -0.323. The van der Waals surface area contributed by atoms with Gasteiger partial charge in [-0.25, -0.2) is 0 Å². The molecule has 1 aliphatic rings. The van der Waals surface area contributed by atoms with Crippen LogP contribution < -0.4 is 10.6 Å². The van der Waals surface area contributed by atoms with E-state index >= 15 is 0 Å². The molecule has 1 saturated heterocycles. The molecular formula is C13H14N2O3. The fraction of sp³-hybridized carbons (Fsp3) is 0.308. The Hall–Kier alpha value is -2.17. The van der Waals surface area contributed by atoms with Crippen LogP contribution in [0.1, 0.15) is 31.2 Å². The molecule has 5 nitrogen and oxygen atoms in total. The first kappa shape index (κ1) is 12.3. The second kappa shape index (κ2) is 5.00. The topological polar surface area (TPSA) is 75.3 Å². The summed E-state index contributed by atoms with van der Waals surface area (Å²) in [7, 11) is 0. The fourth-order valence-corrected chi connectivity index (χ4v) is 2.05. The zero-order valence-corrected chi connectivity index (χ0v) is 10.0. The molecule has 2 N–H and O–H groups in total. The highest BCUT2D eigenvalue weighted by molar-refractivity contribution is 6.01. The van der Waals surface area contributed by atoms with Crippen LogP contribution in [-0.2, 0) is 14.4 Å². The van der Waals surface area contributed by atoms with Crippen LogP contribution in [0.3, 0.4) is 0 Å². The van der Waals surface area contributed by atoms with Crippen molar-refractivity contribution >= 4 is 23.4 Å². The number of carbonyl (C=O) groups excluding carboxylic acids is 3. The average Bonchev–Trinajstić information content (AvgIpc) is 2.28. The molecular weight excluding hydrogens is 232 g/mol. The predicted octanol–water partition coefficient (Wildman–Crippen LogP) is 1.17. The van der Waals surface area contributed by atoms with E-state index in [2.05, 4.69) is 10.6 Å². The molecule has 1 aromatic rings. The van der Waals surface area contributed by atoms with Gasteiger partial charge in [0.1, 0.15) is 0 Å². The number of piperidine rings is 1. The molecule has 0 aromatic heterocycles. The lowest BCUT2D eigenvalue weighted by Gasteiger charge is -2.21. The molecule has 3 amide bonds. The Labute approximate surface area is 105 Å². The first-order chi connectivity index (χ1) is 8.56. The number of hydrogen-bond acceptors (Lipinski definition) is 3. The summed E-state index contributed by atoms with van der Waals surface area (Å²) >= 11 is 0. The summed E-state index contributed by atoms with van der Waals surface area (Å²) in [5.74, 6) is -0.979. The quantitative estimate of drug-likeness (QED) is 0.769. The highest BCUT2D eigenvalue weighted by atomic mass is 16.2. The lowest BCUT2D eigenvalue weighted by molar-refractivity contribution is -0.134. The summed E-state index contributed by atoms with van der Waals surface area (Å²) < 4.78 is 0. The van der Waals surface area contributed by atoms with E-state index < -0.39 is 0 Å². The molecule has 1 unspecified atom stereocenters. The third-order valence-corrected chi connectivity index (χ3v) is 2.85. The third-order valence-electron chi connectivity index (χ3n) is 2.85. The summed E-state index contributed by atoms with van der Waals surface area (Å²) in [5.41, 5.74) is 1.47. The number of carbonyl (C=O) groups is 3. The van der Waals surface area contributed by atoms with Gasteiger partial charge in [0.15, 0.2) is 0 Å². The predicted molar refractivity (Wildman–Crippen MR) is 65.9 cm³/mol. The fourth-order valence-electron chi connectivity index (χ4n) is 2.05. The average molecular weight is 246 g/mol. The molecule has 0 radical (unpaired) electrons. The third kappa shape index (κ3) is 2.74. The Morgan fingerprint density at radius 2 is 2.17 bits per heavy atom. The van der Waals surface area contributed by atoms with E-state index in [9.17, 15) is 14.4 Å². The van der Waals surface area contributed by atoms with Gasteiger partial charge in [0.25, 0.3) is 0 Å². The maximum absolute atomic E-state index is 11.7. The van der Waals surface area contributed by atoms with Crippen molar-refractivity contribution < 1.29 is 14.4 Å². The van der Waals surface area contributed by atoms with E-state index in [0.29, 0.717) is 18.5 Å².